The quantitative estimate of drug-likeness (QED) is 0.732. The molecule has 8 heteroatoms. The first-order valence-electron chi connectivity index (χ1n) is 7.34. The van der Waals surface area contributed by atoms with E-state index in [1.165, 1.54) is 11.2 Å². The minimum absolute atomic E-state index is 0.0484. The summed E-state index contributed by atoms with van der Waals surface area (Å²) in [7, 11) is 0. The lowest BCUT2D eigenvalue weighted by molar-refractivity contribution is 0.0753. The number of carbonyl (C=O) groups is 2. The van der Waals surface area contributed by atoms with E-state index < -0.39 is 12.0 Å². The third kappa shape index (κ3) is 3.37. The number of rotatable bonds is 4. The second kappa shape index (κ2) is 6.57. The van der Waals surface area contributed by atoms with Crippen molar-refractivity contribution in [1.29, 1.82) is 0 Å². The van der Waals surface area contributed by atoms with E-state index in [0.717, 1.165) is 0 Å². The number of aromatic nitrogens is 3. The number of β-amino-alcohol motifs (C(OH)–C–C–N with tert-alkyl or cyclic N) is 1. The second-order valence-electron chi connectivity index (χ2n) is 5.32. The third-order valence-corrected chi connectivity index (χ3v) is 3.68. The van der Waals surface area contributed by atoms with Gasteiger partial charge in [0.15, 0.2) is 5.69 Å². The summed E-state index contributed by atoms with van der Waals surface area (Å²) in [5, 5.41) is 12.2. The van der Waals surface area contributed by atoms with Crippen LogP contribution in [0.15, 0.2) is 30.7 Å². The number of likely N-dealkylation sites (tertiary alicyclic amines) is 1. The first-order chi connectivity index (χ1) is 11.1. The molecule has 3 rings (SSSR count). The Morgan fingerprint density at radius 2 is 2.26 bits per heavy atom. The summed E-state index contributed by atoms with van der Waals surface area (Å²) in [6.45, 7) is 0.990. The molecule has 0 aliphatic carbocycles. The second-order valence-corrected chi connectivity index (χ2v) is 5.32. The molecule has 2 aromatic heterocycles. The van der Waals surface area contributed by atoms with E-state index >= 15 is 0 Å². The van der Waals surface area contributed by atoms with Crippen LogP contribution < -0.4 is 5.32 Å². The number of aliphatic hydroxyl groups is 1. The van der Waals surface area contributed by atoms with Gasteiger partial charge >= 0.3 is 0 Å². The molecule has 23 heavy (non-hydrogen) atoms. The lowest BCUT2D eigenvalue weighted by Crippen LogP contribution is -2.32. The molecule has 1 aliphatic rings. The Labute approximate surface area is 132 Å². The van der Waals surface area contributed by atoms with Crippen molar-refractivity contribution in [2.24, 2.45) is 0 Å². The van der Waals surface area contributed by atoms with E-state index in [4.69, 9.17) is 0 Å². The van der Waals surface area contributed by atoms with Gasteiger partial charge in [-0.1, -0.05) is 6.07 Å². The van der Waals surface area contributed by atoms with Crippen LogP contribution >= 0.6 is 0 Å². The van der Waals surface area contributed by atoms with Crippen LogP contribution in [0.25, 0.3) is 0 Å². The molecule has 1 aliphatic heterocycles. The van der Waals surface area contributed by atoms with Gasteiger partial charge in [-0.15, -0.1) is 0 Å². The maximum absolute atomic E-state index is 12.4. The molecule has 120 valence electrons. The van der Waals surface area contributed by atoms with E-state index in [-0.39, 0.29) is 30.4 Å². The molecular formula is C15H17N5O3. The Bertz CT molecular complexity index is 700. The van der Waals surface area contributed by atoms with E-state index in [1.807, 2.05) is 6.07 Å². The topological polar surface area (TPSA) is 111 Å². The van der Waals surface area contributed by atoms with Crippen LogP contribution in [-0.4, -0.2) is 56.0 Å². The van der Waals surface area contributed by atoms with Crippen molar-refractivity contribution in [2.75, 3.05) is 13.1 Å². The van der Waals surface area contributed by atoms with E-state index in [0.29, 0.717) is 18.7 Å². The summed E-state index contributed by atoms with van der Waals surface area (Å²) in [6.07, 6.45) is 2.99. The van der Waals surface area contributed by atoms with Crippen molar-refractivity contribution in [3.05, 3.63) is 47.8 Å². The SMILES string of the molecule is O=C(NCc1ccccn1)c1nc[nH]c1C(=O)N1CCC(O)C1. The Kier molecular flexibility index (Phi) is 4.33. The van der Waals surface area contributed by atoms with Crippen molar-refractivity contribution >= 4 is 11.8 Å². The number of hydrogen-bond acceptors (Lipinski definition) is 5. The molecule has 2 amide bonds. The molecule has 1 fully saturated rings. The Morgan fingerprint density at radius 1 is 1.39 bits per heavy atom. The van der Waals surface area contributed by atoms with Gasteiger partial charge in [0.25, 0.3) is 11.8 Å². The number of pyridine rings is 1. The molecular weight excluding hydrogens is 298 g/mol. The number of nitrogens with one attached hydrogen (secondary N) is 2. The van der Waals surface area contributed by atoms with Gasteiger partial charge in [0.2, 0.25) is 0 Å². The summed E-state index contributed by atoms with van der Waals surface area (Å²) in [6, 6.07) is 5.42. The fraction of sp³-hybridized carbons (Fsp3) is 0.333. The van der Waals surface area contributed by atoms with Crippen molar-refractivity contribution in [3.8, 4) is 0 Å². The monoisotopic (exact) mass is 315 g/mol. The van der Waals surface area contributed by atoms with Crippen LogP contribution in [-0.2, 0) is 6.54 Å². The number of hydrogen-bond donors (Lipinski definition) is 3. The van der Waals surface area contributed by atoms with Crippen molar-refractivity contribution < 1.29 is 14.7 Å². The zero-order valence-electron chi connectivity index (χ0n) is 12.4. The Hall–Kier alpha value is -2.74. The highest BCUT2D eigenvalue weighted by Crippen LogP contribution is 2.14. The highest BCUT2D eigenvalue weighted by Gasteiger charge is 2.29. The van der Waals surface area contributed by atoms with Gasteiger partial charge in [0.1, 0.15) is 5.69 Å². The van der Waals surface area contributed by atoms with Gasteiger partial charge in [0, 0.05) is 19.3 Å². The molecule has 0 bridgehead atoms. The molecule has 3 N–H and O–H groups in total. The summed E-state index contributed by atoms with van der Waals surface area (Å²) < 4.78 is 0. The first-order valence-corrected chi connectivity index (χ1v) is 7.34. The number of aliphatic hydroxyl groups excluding tert-OH is 1. The molecule has 0 spiro atoms. The molecule has 0 radical (unpaired) electrons. The van der Waals surface area contributed by atoms with Gasteiger partial charge in [-0.05, 0) is 18.6 Å². The van der Waals surface area contributed by atoms with E-state index in [9.17, 15) is 14.7 Å². The number of amides is 2. The Balaban J connectivity index is 1.68. The lowest BCUT2D eigenvalue weighted by Gasteiger charge is -2.15. The fourth-order valence-electron chi connectivity index (χ4n) is 2.47. The number of nitrogens with zero attached hydrogens (tertiary/aromatic N) is 3. The number of imidazole rings is 1. The van der Waals surface area contributed by atoms with E-state index in [1.54, 1.807) is 18.3 Å². The highest BCUT2D eigenvalue weighted by molar-refractivity contribution is 6.04. The smallest absolute Gasteiger partial charge is 0.272 e. The van der Waals surface area contributed by atoms with Gasteiger partial charge in [-0.3, -0.25) is 14.6 Å². The van der Waals surface area contributed by atoms with Gasteiger partial charge in [-0.25, -0.2) is 4.98 Å². The van der Waals surface area contributed by atoms with Crippen LogP contribution in [0.5, 0.6) is 0 Å². The Morgan fingerprint density at radius 3 is 2.96 bits per heavy atom. The maximum Gasteiger partial charge on any atom is 0.272 e. The summed E-state index contributed by atoms with van der Waals surface area (Å²) >= 11 is 0. The lowest BCUT2D eigenvalue weighted by atomic mass is 10.2. The van der Waals surface area contributed by atoms with Gasteiger partial charge in [-0.2, -0.15) is 0 Å². The van der Waals surface area contributed by atoms with Gasteiger partial charge < -0.3 is 20.3 Å². The third-order valence-electron chi connectivity index (χ3n) is 3.68. The minimum atomic E-state index is -0.511. The number of aromatic amines is 1. The summed E-state index contributed by atoms with van der Waals surface area (Å²) in [5.74, 6) is -0.776. The fourth-order valence-corrected chi connectivity index (χ4v) is 2.47. The largest absolute Gasteiger partial charge is 0.391 e. The molecule has 1 atom stereocenters. The molecule has 1 saturated heterocycles. The molecule has 0 saturated carbocycles. The molecule has 0 aromatic carbocycles. The number of carbonyl (C=O) groups excluding carboxylic acids is 2. The maximum atomic E-state index is 12.4. The summed E-state index contributed by atoms with van der Waals surface area (Å²) in [5.41, 5.74) is 0.900. The highest BCUT2D eigenvalue weighted by atomic mass is 16.3. The zero-order chi connectivity index (χ0) is 16.2. The number of H-pyrrole nitrogens is 1. The van der Waals surface area contributed by atoms with E-state index in [2.05, 4.69) is 20.3 Å². The zero-order valence-corrected chi connectivity index (χ0v) is 12.4. The van der Waals surface area contributed by atoms with Gasteiger partial charge in [0.05, 0.1) is 24.7 Å². The molecule has 8 nitrogen and oxygen atoms in total. The molecule has 1 unspecified atom stereocenters. The molecule has 3 heterocycles. The van der Waals surface area contributed by atoms with Crippen LogP contribution in [0.2, 0.25) is 0 Å². The van der Waals surface area contributed by atoms with Crippen LogP contribution in [0.1, 0.15) is 33.1 Å². The average molecular weight is 315 g/mol. The van der Waals surface area contributed by atoms with Crippen molar-refractivity contribution in [2.45, 2.75) is 19.1 Å². The van der Waals surface area contributed by atoms with Crippen molar-refractivity contribution in [3.63, 3.8) is 0 Å². The van der Waals surface area contributed by atoms with Crippen LogP contribution in [0.3, 0.4) is 0 Å². The normalized spacial score (nSPS) is 17.3. The minimum Gasteiger partial charge on any atom is -0.391 e. The van der Waals surface area contributed by atoms with Crippen molar-refractivity contribution in [1.82, 2.24) is 25.2 Å². The predicted molar refractivity (Wildman–Crippen MR) is 80.5 cm³/mol. The first kappa shape index (κ1) is 15.2. The summed E-state index contributed by atoms with van der Waals surface area (Å²) in [4.78, 5) is 36.9. The predicted octanol–water partition coefficient (Wildman–Crippen LogP) is -0.0585. The average Bonchev–Trinajstić information content (AvgIpc) is 3.22. The van der Waals surface area contributed by atoms with Crippen LogP contribution in [0, 0.1) is 0 Å². The standard InChI is InChI=1S/C15H17N5O3/c21-11-4-6-20(8-11)15(23)13-12(18-9-19-13)14(22)17-7-10-3-1-2-5-16-10/h1-3,5,9,11,21H,4,6-8H2,(H,17,22)(H,18,19). The van der Waals surface area contributed by atoms with Crippen LogP contribution in [0.4, 0.5) is 0 Å². The molecule has 2 aromatic rings.